The van der Waals surface area contributed by atoms with Crippen LogP contribution >= 0.6 is 0 Å². The minimum absolute atomic E-state index is 0.190. The number of aromatic nitrogens is 4. The van der Waals surface area contributed by atoms with E-state index in [0.717, 1.165) is 0 Å². The molecule has 0 aliphatic carbocycles. The van der Waals surface area contributed by atoms with E-state index in [1.54, 1.807) is 25.1 Å². The quantitative estimate of drug-likeness (QED) is 0.777. The van der Waals surface area contributed by atoms with Gasteiger partial charge in [0, 0.05) is 5.56 Å². The highest BCUT2D eigenvalue weighted by Crippen LogP contribution is 2.18. The maximum absolute atomic E-state index is 13.8. The number of hydrogen-bond donors (Lipinski definition) is 1. The van der Waals surface area contributed by atoms with E-state index in [0.29, 0.717) is 29.1 Å². The molecule has 2 aromatic heterocycles. The third kappa shape index (κ3) is 1.80. The summed E-state index contributed by atoms with van der Waals surface area (Å²) in [5.41, 5.74) is 1.41. The van der Waals surface area contributed by atoms with Crippen LogP contribution in [0.4, 0.5) is 4.39 Å². The average molecular weight is 272 g/mol. The molecule has 0 aliphatic heterocycles. The number of halogens is 1. The normalized spacial score (nSPS) is 11.2. The topological polar surface area (TPSA) is 63.1 Å². The van der Waals surface area contributed by atoms with E-state index in [2.05, 4.69) is 15.1 Å². The summed E-state index contributed by atoms with van der Waals surface area (Å²) >= 11 is 0. The third-order valence-electron chi connectivity index (χ3n) is 3.28. The van der Waals surface area contributed by atoms with Gasteiger partial charge in [-0.2, -0.15) is 9.50 Å². The van der Waals surface area contributed by atoms with Crippen molar-refractivity contribution in [2.45, 2.75) is 20.3 Å². The molecule has 0 saturated carbocycles. The first kappa shape index (κ1) is 12.5. The highest BCUT2D eigenvalue weighted by molar-refractivity contribution is 5.57. The minimum Gasteiger partial charge on any atom is -0.271 e. The maximum atomic E-state index is 13.8. The molecule has 0 saturated heterocycles. The van der Waals surface area contributed by atoms with Gasteiger partial charge in [-0.25, -0.2) is 9.37 Å². The van der Waals surface area contributed by atoms with Gasteiger partial charge in [-0.05, 0) is 25.5 Å². The van der Waals surface area contributed by atoms with Gasteiger partial charge >= 0.3 is 0 Å². The van der Waals surface area contributed by atoms with Crippen LogP contribution in [-0.2, 0) is 6.42 Å². The molecule has 0 radical (unpaired) electrons. The van der Waals surface area contributed by atoms with Crippen molar-refractivity contribution < 1.29 is 4.39 Å². The molecule has 1 N–H and O–H groups in total. The van der Waals surface area contributed by atoms with Crippen molar-refractivity contribution in [3.8, 4) is 11.4 Å². The SMILES string of the molecule is CCc1c(C)nc2nc(-c3ccccc3F)[nH]n2c1=O. The summed E-state index contributed by atoms with van der Waals surface area (Å²) in [4.78, 5) is 20.7. The van der Waals surface area contributed by atoms with Gasteiger partial charge in [0.1, 0.15) is 5.82 Å². The Balaban J connectivity index is 2.29. The van der Waals surface area contributed by atoms with Crippen molar-refractivity contribution in [2.24, 2.45) is 0 Å². The summed E-state index contributed by atoms with van der Waals surface area (Å²) in [5.74, 6) is 0.148. The number of H-pyrrole nitrogens is 1. The van der Waals surface area contributed by atoms with Crippen LogP contribution in [0.5, 0.6) is 0 Å². The van der Waals surface area contributed by atoms with E-state index in [9.17, 15) is 9.18 Å². The molecule has 2 heterocycles. The first-order valence-electron chi connectivity index (χ1n) is 6.35. The van der Waals surface area contributed by atoms with Crippen molar-refractivity contribution in [3.05, 3.63) is 51.7 Å². The molecule has 6 heteroatoms. The molecule has 1 aromatic carbocycles. The molecule has 0 aliphatic rings. The minimum atomic E-state index is -0.396. The molecule has 0 atom stereocenters. The molecule has 0 unspecified atom stereocenters. The smallest absolute Gasteiger partial charge is 0.271 e. The van der Waals surface area contributed by atoms with Gasteiger partial charge in [0.25, 0.3) is 11.3 Å². The van der Waals surface area contributed by atoms with Crippen molar-refractivity contribution in [2.75, 3.05) is 0 Å². The first-order chi connectivity index (χ1) is 9.61. The number of aryl methyl sites for hydroxylation is 1. The first-order valence-corrected chi connectivity index (χ1v) is 6.35. The van der Waals surface area contributed by atoms with Crippen LogP contribution in [0.15, 0.2) is 29.1 Å². The second-order valence-corrected chi connectivity index (χ2v) is 4.52. The summed E-state index contributed by atoms with van der Waals surface area (Å²) in [6, 6.07) is 6.27. The highest BCUT2D eigenvalue weighted by Gasteiger charge is 2.14. The van der Waals surface area contributed by atoms with E-state index in [1.165, 1.54) is 10.6 Å². The van der Waals surface area contributed by atoms with Gasteiger partial charge in [-0.3, -0.25) is 9.89 Å². The van der Waals surface area contributed by atoms with Gasteiger partial charge in [0.2, 0.25) is 0 Å². The Bertz CT molecular complexity index is 850. The van der Waals surface area contributed by atoms with Crippen LogP contribution in [0.3, 0.4) is 0 Å². The van der Waals surface area contributed by atoms with E-state index in [-0.39, 0.29) is 11.3 Å². The molecule has 0 fully saturated rings. The Kier molecular flexibility index (Phi) is 2.85. The molecule has 5 nitrogen and oxygen atoms in total. The zero-order valence-corrected chi connectivity index (χ0v) is 11.1. The number of aromatic amines is 1. The summed E-state index contributed by atoms with van der Waals surface area (Å²) in [5, 5.41) is 2.81. The van der Waals surface area contributed by atoms with Crippen molar-refractivity contribution in [3.63, 3.8) is 0 Å². The second kappa shape index (κ2) is 4.56. The number of benzene rings is 1. The van der Waals surface area contributed by atoms with Crippen LogP contribution in [0, 0.1) is 12.7 Å². The molecule has 20 heavy (non-hydrogen) atoms. The summed E-state index contributed by atoms with van der Waals surface area (Å²) in [6.45, 7) is 3.67. The molecule has 102 valence electrons. The zero-order chi connectivity index (χ0) is 14.3. The van der Waals surface area contributed by atoms with Gasteiger partial charge in [0.15, 0.2) is 5.82 Å². The van der Waals surface area contributed by atoms with E-state index in [1.807, 2.05) is 6.92 Å². The predicted octanol–water partition coefficient (Wildman–Crippen LogP) is 2.09. The lowest BCUT2D eigenvalue weighted by Gasteiger charge is -2.00. The molecule has 3 rings (SSSR count). The standard InChI is InChI=1S/C14H13FN4O/c1-3-9-8(2)16-14-17-12(18-19(14)13(9)20)10-6-4-5-7-11(10)15/h4-7H,3H2,1-2H3,(H,16,17,18). The summed E-state index contributed by atoms with van der Waals surface area (Å²) < 4.78 is 15.0. The Morgan fingerprint density at radius 1 is 1.30 bits per heavy atom. The number of fused-ring (bicyclic) bond motifs is 1. The fraction of sp³-hybridized carbons (Fsp3) is 0.214. The Morgan fingerprint density at radius 3 is 2.75 bits per heavy atom. The average Bonchev–Trinajstić information content (AvgIpc) is 2.83. The fourth-order valence-corrected chi connectivity index (χ4v) is 2.24. The summed E-state index contributed by atoms with van der Waals surface area (Å²) in [6.07, 6.45) is 0.592. The Labute approximate surface area is 114 Å². The molecular weight excluding hydrogens is 259 g/mol. The largest absolute Gasteiger partial charge is 0.277 e. The van der Waals surface area contributed by atoms with Crippen LogP contribution in [0.2, 0.25) is 0 Å². The molecule has 3 aromatic rings. The van der Waals surface area contributed by atoms with E-state index >= 15 is 0 Å². The number of nitrogens with one attached hydrogen (secondary N) is 1. The lowest BCUT2D eigenvalue weighted by atomic mass is 10.2. The van der Waals surface area contributed by atoms with Gasteiger partial charge in [-0.15, -0.1) is 0 Å². The monoisotopic (exact) mass is 272 g/mol. The number of nitrogens with zero attached hydrogens (tertiary/aromatic N) is 3. The number of rotatable bonds is 2. The van der Waals surface area contributed by atoms with Crippen LogP contribution in [0.25, 0.3) is 17.2 Å². The van der Waals surface area contributed by atoms with E-state index < -0.39 is 5.82 Å². The van der Waals surface area contributed by atoms with Crippen LogP contribution in [0.1, 0.15) is 18.2 Å². The molecular formula is C14H13FN4O. The molecule has 0 spiro atoms. The summed E-state index contributed by atoms with van der Waals surface area (Å²) in [7, 11) is 0. The van der Waals surface area contributed by atoms with Gasteiger partial charge < -0.3 is 0 Å². The fourth-order valence-electron chi connectivity index (χ4n) is 2.24. The van der Waals surface area contributed by atoms with Crippen molar-refractivity contribution in [1.29, 1.82) is 0 Å². The maximum Gasteiger partial charge on any atom is 0.277 e. The zero-order valence-electron chi connectivity index (χ0n) is 11.1. The van der Waals surface area contributed by atoms with Crippen LogP contribution in [-0.4, -0.2) is 19.6 Å². The van der Waals surface area contributed by atoms with Gasteiger partial charge in [0.05, 0.1) is 11.3 Å². The van der Waals surface area contributed by atoms with Gasteiger partial charge in [-0.1, -0.05) is 19.1 Å². The third-order valence-corrected chi connectivity index (χ3v) is 3.28. The lowest BCUT2D eigenvalue weighted by Crippen LogP contribution is -2.21. The Hall–Kier alpha value is -2.50. The molecule has 0 amide bonds. The number of hydrogen-bond acceptors (Lipinski definition) is 3. The van der Waals surface area contributed by atoms with Crippen molar-refractivity contribution >= 4 is 5.78 Å². The molecule has 0 bridgehead atoms. The second-order valence-electron chi connectivity index (χ2n) is 4.52. The van der Waals surface area contributed by atoms with Crippen molar-refractivity contribution in [1.82, 2.24) is 19.6 Å². The van der Waals surface area contributed by atoms with E-state index in [4.69, 9.17) is 0 Å². The van der Waals surface area contributed by atoms with Crippen LogP contribution < -0.4 is 5.56 Å². The highest BCUT2D eigenvalue weighted by atomic mass is 19.1. The Morgan fingerprint density at radius 2 is 2.05 bits per heavy atom. The predicted molar refractivity (Wildman–Crippen MR) is 73.1 cm³/mol. The lowest BCUT2D eigenvalue weighted by molar-refractivity contribution is 0.630.